The van der Waals surface area contributed by atoms with Gasteiger partial charge in [0.25, 0.3) is 0 Å². The second-order valence-electron chi connectivity index (χ2n) is 11.5. The molecule has 1 saturated heterocycles. The van der Waals surface area contributed by atoms with E-state index >= 15 is 0 Å². The number of halogens is 2. The van der Waals surface area contributed by atoms with Crippen molar-refractivity contribution in [2.45, 2.75) is 94.5 Å². The molecule has 1 aromatic rings. The molecule has 0 radical (unpaired) electrons. The summed E-state index contributed by atoms with van der Waals surface area (Å²) in [6, 6.07) is 6.98. The van der Waals surface area contributed by atoms with Gasteiger partial charge >= 0.3 is 0 Å². The van der Waals surface area contributed by atoms with Crippen LogP contribution in [0.25, 0.3) is 5.57 Å². The molecule has 1 atom stereocenters. The van der Waals surface area contributed by atoms with Crippen LogP contribution in [0.1, 0.15) is 94.1 Å². The molecule has 0 bridgehead atoms. The van der Waals surface area contributed by atoms with Crippen molar-refractivity contribution in [1.29, 1.82) is 0 Å². The topological polar surface area (TPSA) is 39.1 Å². The van der Waals surface area contributed by atoms with Crippen LogP contribution in [0.3, 0.4) is 0 Å². The molecule has 1 fully saturated rings. The van der Waals surface area contributed by atoms with Crippen LogP contribution in [-0.2, 0) is 4.79 Å². The predicted molar refractivity (Wildman–Crippen MR) is 194 cm³/mol. The highest BCUT2D eigenvalue weighted by atomic mass is 35.5. The largest absolute Gasteiger partial charge is 0.374 e. The predicted octanol–water partition coefficient (Wildman–Crippen LogP) is 9.84. The molecule has 2 aliphatic heterocycles. The van der Waals surface area contributed by atoms with E-state index in [1.54, 1.807) is 6.07 Å². The second-order valence-corrected chi connectivity index (χ2v) is 11.9. The monoisotopic (exact) mass is 640 g/mol. The standard InChI is InChI=1S/C27H38FN3O.C9H14ClN.C2H6/c1-8-10-15-29-21(6)26(23(9-2)24-13-11-12-14-25(24)28)22(7)30-16-17-31(20(5)18-30)27(32)19(3)4;1-3-4-9-7-8(10)5-6-11(9)2;1-2/h9-15,19-20H,8,16-18H2,1-7H3;5,7H,3-4,6H2,1-2H3;1-2H3/b15-10+,23-9-,26-22-,29-21+;;. The number of nitrogens with zero attached hydrogens (tertiary/aromatic N) is 4. The van der Waals surface area contributed by atoms with Crippen molar-refractivity contribution >= 4 is 28.8 Å². The van der Waals surface area contributed by atoms with Gasteiger partial charge in [-0.2, -0.15) is 0 Å². The van der Waals surface area contributed by atoms with Gasteiger partial charge in [0.15, 0.2) is 0 Å². The van der Waals surface area contributed by atoms with Crippen LogP contribution in [0.2, 0.25) is 0 Å². The Morgan fingerprint density at radius 3 is 2.38 bits per heavy atom. The van der Waals surface area contributed by atoms with Gasteiger partial charge in [0.05, 0.1) is 0 Å². The van der Waals surface area contributed by atoms with Crippen LogP contribution in [0.15, 0.2) is 81.8 Å². The smallest absolute Gasteiger partial charge is 0.225 e. The lowest BCUT2D eigenvalue weighted by atomic mass is 9.92. The lowest BCUT2D eigenvalue weighted by Gasteiger charge is -2.42. The molecule has 0 aliphatic carbocycles. The number of carbonyl (C=O) groups is 1. The fourth-order valence-electron chi connectivity index (χ4n) is 5.37. The van der Waals surface area contributed by atoms with Crippen molar-refractivity contribution in [3.05, 3.63) is 88.1 Å². The first-order valence-corrected chi connectivity index (χ1v) is 17.0. The minimum Gasteiger partial charge on any atom is -0.374 e. The zero-order chi connectivity index (χ0) is 34.1. The van der Waals surface area contributed by atoms with Crippen LogP contribution in [0.4, 0.5) is 4.39 Å². The number of benzene rings is 1. The number of piperazine rings is 1. The van der Waals surface area contributed by atoms with Crippen molar-refractivity contribution in [1.82, 2.24) is 14.7 Å². The lowest BCUT2D eigenvalue weighted by Crippen LogP contribution is -2.54. The fraction of sp³-hybridized carbons (Fsp3) is 0.526. The Bertz CT molecular complexity index is 1270. The average Bonchev–Trinajstić information content (AvgIpc) is 3.03. The number of aliphatic imine (C=N–C) groups is 1. The molecule has 0 aromatic heterocycles. The maximum atomic E-state index is 14.8. The number of amides is 1. The SMILES string of the molecule is CC.CCCC1=CC(Cl)=CCN1C.C\C=C(C(/C(C)=N/C=C/CC)=C(/C)N1CCN(C(=O)C(C)C)C(C)C1)\c1ccccc1F. The van der Waals surface area contributed by atoms with Gasteiger partial charge < -0.3 is 14.7 Å². The van der Waals surface area contributed by atoms with E-state index in [-0.39, 0.29) is 23.7 Å². The van der Waals surface area contributed by atoms with E-state index < -0.39 is 0 Å². The molecule has 1 aromatic carbocycles. The first-order valence-electron chi connectivity index (χ1n) is 16.6. The molecule has 0 saturated carbocycles. The summed E-state index contributed by atoms with van der Waals surface area (Å²) in [6.07, 6.45) is 13.1. The molecule has 2 heterocycles. The first kappa shape index (κ1) is 39.9. The third-order valence-corrected chi connectivity index (χ3v) is 8.06. The van der Waals surface area contributed by atoms with E-state index in [2.05, 4.69) is 55.6 Å². The Morgan fingerprint density at radius 2 is 1.82 bits per heavy atom. The van der Waals surface area contributed by atoms with Crippen molar-refractivity contribution in [2.24, 2.45) is 10.9 Å². The highest BCUT2D eigenvalue weighted by Gasteiger charge is 2.30. The number of hydrogen-bond acceptors (Lipinski definition) is 4. The third-order valence-electron chi connectivity index (χ3n) is 7.79. The van der Waals surface area contributed by atoms with E-state index in [1.807, 2.05) is 83.0 Å². The van der Waals surface area contributed by atoms with E-state index in [0.717, 1.165) is 60.1 Å². The van der Waals surface area contributed by atoms with Crippen molar-refractivity contribution in [3.8, 4) is 0 Å². The number of carbonyl (C=O) groups excluding carboxylic acids is 1. The zero-order valence-corrected chi connectivity index (χ0v) is 30.5. The van der Waals surface area contributed by atoms with Gasteiger partial charge in [-0.3, -0.25) is 9.79 Å². The van der Waals surface area contributed by atoms with Gasteiger partial charge in [-0.05, 0) is 64.3 Å². The normalized spacial score (nSPS) is 18.1. The van der Waals surface area contributed by atoms with E-state index in [9.17, 15) is 9.18 Å². The van der Waals surface area contributed by atoms with Gasteiger partial charge in [0.1, 0.15) is 5.82 Å². The van der Waals surface area contributed by atoms with Crippen molar-refractivity contribution in [3.63, 3.8) is 0 Å². The van der Waals surface area contributed by atoms with Crippen LogP contribution in [0, 0.1) is 11.7 Å². The van der Waals surface area contributed by atoms with E-state index in [0.29, 0.717) is 12.1 Å². The summed E-state index contributed by atoms with van der Waals surface area (Å²) in [5.41, 5.74) is 5.59. The van der Waals surface area contributed by atoms with E-state index in [4.69, 9.17) is 11.6 Å². The van der Waals surface area contributed by atoms with Gasteiger partial charge in [-0.25, -0.2) is 4.39 Å². The Hall–Kier alpha value is -3.12. The molecule has 5 nitrogen and oxygen atoms in total. The molecule has 7 heteroatoms. The Labute approximate surface area is 278 Å². The fourth-order valence-corrected chi connectivity index (χ4v) is 5.56. The van der Waals surface area contributed by atoms with Crippen LogP contribution >= 0.6 is 11.6 Å². The van der Waals surface area contributed by atoms with Gasteiger partial charge in [0.2, 0.25) is 5.91 Å². The minimum absolute atomic E-state index is 0.00776. The van der Waals surface area contributed by atoms with Crippen LogP contribution in [0.5, 0.6) is 0 Å². The van der Waals surface area contributed by atoms with Gasteiger partial charge in [-0.15, -0.1) is 0 Å². The quantitative estimate of drug-likeness (QED) is 0.199. The highest BCUT2D eigenvalue weighted by Crippen LogP contribution is 2.31. The summed E-state index contributed by atoms with van der Waals surface area (Å²) in [6.45, 7) is 23.3. The van der Waals surface area contributed by atoms with Crippen LogP contribution in [-0.4, -0.2) is 65.6 Å². The van der Waals surface area contributed by atoms with Gasteiger partial charge in [0, 0.05) is 84.7 Å². The third kappa shape index (κ3) is 12.0. The molecule has 0 spiro atoms. The number of allylic oxidation sites excluding steroid dienone is 8. The molecule has 2 aliphatic rings. The number of hydrogen-bond donors (Lipinski definition) is 0. The van der Waals surface area contributed by atoms with E-state index in [1.165, 1.54) is 18.2 Å². The van der Waals surface area contributed by atoms with Crippen molar-refractivity contribution < 1.29 is 9.18 Å². The molecule has 1 unspecified atom stereocenters. The molecule has 3 rings (SSSR count). The summed E-state index contributed by atoms with van der Waals surface area (Å²) in [7, 11) is 2.10. The lowest BCUT2D eigenvalue weighted by molar-refractivity contribution is -0.138. The number of likely N-dealkylation sites (N-methyl/N-ethyl adjacent to an activating group) is 1. The Kier molecular flexibility index (Phi) is 18.5. The van der Waals surface area contributed by atoms with Crippen LogP contribution < -0.4 is 0 Å². The van der Waals surface area contributed by atoms with Gasteiger partial charge in [-0.1, -0.05) is 89.9 Å². The molecule has 250 valence electrons. The summed E-state index contributed by atoms with van der Waals surface area (Å²) >= 11 is 5.87. The second kappa shape index (κ2) is 20.8. The Balaban J connectivity index is 0.000000649. The molecule has 1 amide bonds. The maximum absolute atomic E-state index is 14.8. The summed E-state index contributed by atoms with van der Waals surface area (Å²) in [5.74, 6) is -0.0583. The molecular weight excluding hydrogens is 583 g/mol. The average molecular weight is 641 g/mol. The molecular formula is C38H58ClFN4O. The first-order chi connectivity index (χ1) is 21.5. The summed E-state index contributed by atoms with van der Waals surface area (Å²) < 4.78 is 14.8. The van der Waals surface area contributed by atoms with Crippen molar-refractivity contribution in [2.75, 3.05) is 33.2 Å². The maximum Gasteiger partial charge on any atom is 0.225 e. The molecule has 45 heavy (non-hydrogen) atoms. The highest BCUT2D eigenvalue weighted by molar-refractivity contribution is 6.31. The zero-order valence-electron chi connectivity index (χ0n) is 29.8. The molecule has 0 N–H and O–H groups in total. The summed E-state index contributed by atoms with van der Waals surface area (Å²) in [5, 5.41) is 0.881. The minimum atomic E-state index is -0.247. The summed E-state index contributed by atoms with van der Waals surface area (Å²) in [4.78, 5) is 23.7. The Morgan fingerprint density at radius 1 is 1.16 bits per heavy atom. The number of rotatable bonds is 9.